The summed E-state index contributed by atoms with van der Waals surface area (Å²) in [7, 11) is 0. The Labute approximate surface area is 121 Å². The van der Waals surface area contributed by atoms with Crippen molar-refractivity contribution in [1.29, 1.82) is 0 Å². The molecule has 0 aliphatic heterocycles. The van der Waals surface area contributed by atoms with Gasteiger partial charge in [0.15, 0.2) is 5.65 Å². The second-order valence-corrected chi connectivity index (χ2v) is 5.37. The van der Waals surface area contributed by atoms with Crippen LogP contribution in [0.25, 0.3) is 5.65 Å². The van der Waals surface area contributed by atoms with Gasteiger partial charge in [0.05, 0.1) is 11.5 Å². The second kappa shape index (κ2) is 5.51. The van der Waals surface area contributed by atoms with Crippen LogP contribution in [-0.2, 0) is 4.79 Å². The second-order valence-electron chi connectivity index (χ2n) is 5.37. The summed E-state index contributed by atoms with van der Waals surface area (Å²) in [5.41, 5.74) is 1.23. The van der Waals surface area contributed by atoms with Gasteiger partial charge in [0.2, 0.25) is 0 Å². The number of amides is 1. The Morgan fingerprint density at radius 2 is 2.00 bits per heavy atom. The average Bonchev–Trinajstić information content (AvgIpc) is 2.95. The number of aliphatic carboxylic acids is 1. The molecule has 1 aliphatic rings. The highest BCUT2D eigenvalue weighted by molar-refractivity contribution is 5.94. The lowest BCUT2D eigenvalue weighted by molar-refractivity contribution is -0.142. The molecule has 7 heteroatoms. The molecule has 0 radical (unpaired) electrons. The van der Waals surface area contributed by atoms with E-state index in [2.05, 4.69) is 15.5 Å². The van der Waals surface area contributed by atoms with E-state index in [1.165, 1.54) is 0 Å². The van der Waals surface area contributed by atoms with Gasteiger partial charge < -0.3 is 10.4 Å². The molecule has 0 unspecified atom stereocenters. The molecule has 2 N–H and O–H groups in total. The van der Waals surface area contributed by atoms with E-state index in [-0.39, 0.29) is 17.9 Å². The third kappa shape index (κ3) is 2.86. The fourth-order valence-corrected chi connectivity index (χ4v) is 2.72. The summed E-state index contributed by atoms with van der Waals surface area (Å²) in [6.45, 7) is 0. The molecule has 3 rings (SSSR count). The van der Waals surface area contributed by atoms with Gasteiger partial charge in [-0.1, -0.05) is 0 Å². The molecule has 2 aromatic rings. The summed E-state index contributed by atoms with van der Waals surface area (Å²) in [6, 6.07) is 3.50. The number of pyridine rings is 1. The van der Waals surface area contributed by atoms with Gasteiger partial charge in [0.25, 0.3) is 5.91 Å². The maximum Gasteiger partial charge on any atom is 0.306 e. The Kier molecular flexibility index (Phi) is 3.55. The van der Waals surface area contributed by atoms with Crippen LogP contribution in [0.3, 0.4) is 0 Å². The third-order valence-corrected chi connectivity index (χ3v) is 3.96. The zero-order chi connectivity index (χ0) is 14.8. The number of carboxylic acids is 1. The van der Waals surface area contributed by atoms with Crippen LogP contribution in [0.4, 0.5) is 0 Å². The van der Waals surface area contributed by atoms with Crippen LogP contribution in [0.15, 0.2) is 24.7 Å². The van der Waals surface area contributed by atoms with Crippen LogP contribution < -0.4 is 5.32 Å². The van der Waals surface area contributed by atoms with Crippen molar-refractivity contribution in [1.82, 2.24) is 19.9 Å². The highest BCUT2D eigenvalue weighted by Crippen LogP contribution is 2.24. The number of nitrogens with one attached hydrogen (secondary N) is 1. The van der Waals surface area contributed by atoms with E-state index >= 15 is 0 Å². The first kappa shape index (κ1) is 13.5. The monoisotopic (exact) mass is 288 g/mol. The predicted molar refractivity (Wildman–Crippen MR) is 73.8 cm³/mol. The van der Waals surface area contributed by atoms with Crippen LogP contribution >= 0.6 is 0 Å². The highest BCUT2D eigenvalue weighted by Gasteiger charge is 2.26. The van der Waals surface area contributed by atoms with Crippen LogP contribution in [0.5, 0.6) is 0 Å². The van der Waals surface area contributed by atoms with E-state index in [1.807, 2.05) is 0 Å². The number of hydrogen-bond acceptors (Lipinski definition) is 4. The molecule has 110 valence electrons. The van der Waals surface area contributed by atoms with Gasteiger partial charge in [-0.05, 0) is 37.8 Å². The molecule has 0 spiro atoms. The summed E-state index contributed by atoms with van der Waals surface area (Å²) >= 11 is 0. The molecule has 1 fully saturated rings. The van der Waals surface area contributed by atoms with Crippen molar-refractivity contribution in [3.05, 3.63) is 30.2 Å². The van der Waals surface area contributed by atoms with Gasteiger partial charge in [0.1, 0.15) is 6.33 Å². The molecule has 2 heterocycles. The number of aromatic nitrogens is 3. The van der Waals surface area contributed by atoms with Crippen LogP contribution in [0.1, 0.15) is 36.0 Å². The molecule has 1 amide bonds. The molecular weight excluding hydrogens is 272 g/mol. The predicted octanol–water partition coefficient (Wildman–Crippen LogP) is 1.10. The molecule has 2 aromatic heterocycles. The normalized spacial score (nSPS) is 22.1. The van der Waals surface area contributed by atoms with Gasteiger partial charge in [-0.2, -0.15) is 0 Å². The molecule has 0 atom stereocenters. The Morgan fingerprint density at radius 3 is 2.71 bits per heavy atom. The van der Waals surface area contributed by atoms with Crippen LogP contribution in [0.2, 0.25) is 0 Å². The van der Waals surface area contributed by atoms with E-state index in [1.54, 1.807) is 29.1 Å². The summed E-state index contributed by atoms with van der Waals surface area (Å²) in [4.78, 5) is 23.1. The van der Waals surface area contributed by atoms with E-state index in [0.717, 1.165) is 0 Å². The largest absolute Gasteiger partial charge is 0.481 e. The average molecular weight is 288 g/mol. The first-order chi connectivity index (χ1) is 10.1. The molecule has 7 nitrogen and oxygen atoms in total. The van der Waals surface area contributed by atoms with Crippen LogP contribution in [0, 0.1) is 5.92 Å². The minimum atomic E-state index is -0.738. The summed E-state index contributed by atoms with van der Waals surface area (Å²) in [5.74, 6) is -1.16. The lowest BCUT2D eigenvalue weighted by atomic mass is 9.86. The molecule has 0 saturated heterocycles. The standard InChI is InChI=1S/C14H16N4O3/c19-13(10-3-6-12-17-15-8-18(12)7-10)16-11-4-1-9(2-5-11)14(20)21/h3,6-9,11H,1-2,4-5H2,(H,16,19)(H,20,21). The van der Waals surface area contributed by atoms with E-state index in [4.69, 9.17) is 5.11 Å². The van der Waals surface area contributed by atoms with Gasteiger partial charge in [-0.3, -0.25) is 14.0 Å². The molecular formula is C14H16N4O3. The first-order valence-corrected chi connectivity index (χ1v) is 6.96. The molecule has 1 saturated carbocycles. The van der Waals surface area contributed by atoms with Crippen molar-refractivity contribution in [3.63, 3.8) is 0 Å². The van der Waals surface area contributed by atoms with Crippen molar-refractivity contribution in [2.24, 2.45) is 5.92 Å². The van der Waals surface area contributed by atoms with Crippen molar-refractivity contribution in [2.75, 3.05) is 0 Å². The number of carbonyl (C=O) groups is 2. The van der Waals surface area contributed by atoms with E-state index in [0.29, 0.717) is 36.9 Å². The topological polar surface area (TPSA) is 96.6 Å². The van der Waals surface area contributed by atoms with Crippen molar-refractivity contribution >= 4 is 17.5 Å². The number of carbonyl (C=O) groups excluding carboxylic acids is 1. The molecule has 0 bridgehead atoms. The van der Waals surface area contributed by atoms with Crippen LogP contribution in [-0.4, -0.2) is 37.6 Å². The van der Waals surface area contributed by atoms with Crippen molar-refractivity contribution in [3.8, 4) is 0 Å². The SMILES string of the molecule is O=C(NC1CCC(C(=O)O)CC1)c1ccc2nncn2c1. The van der Waals surface area contributed by atoms with Crippen molar-refractivity contribution in [2.45, 2.75) is 31.7 Å². The lowest BCUT2D eigenvalue weighted by Gasteiger charge is -2.26. The Balaban J connectivity index is 1.62. The van der Waals surface area contributed by atoms with Gasteiger partial charge in [-0.25, -0.2) is 0 Å². The quantitative estimate of drug-likeness (QED) is 0.881. The number of rotatable bonds is 3. The zero-order valence-electron chi connectivity index (χ0n) is 11.4. The summed E-state index contributed by atoms with van der Waals surface area (Å²) in [6.07, 6.45) is 5.88. The molecule has 1 aliphatic carbocycles. The van der Waals surface area contributed by atoms with E-state index in [9.17, 15) is 9.59 Å². The number of fused-ring (bicyclic) bond motifs is 1. The Hall–Kier alpha value is -2.44. The summed E-state index contributed by atoms with van der Waals surface area (Å²) in [5, 5.41) is 19.6. The Morgan fingerprint density at radius 1 is 1.24 bits per heavy atom. The fraction of sp³-hybridized carbons (Fsp3) is 0.429. The molecule has 0 aromatic carbocycles. The number of nitrogens with zero attached hydrogens (tertiary/aromatic N) is 3. The minimum absolute atomic E-state index is 0.0460. The maximum atomic E-state index is 12.2. The fourth-order valence-electron chi connectivity index (χ4n) is 2.72. The van der Waals surface area contributed by atoms with Gasteiger partial charge >= 0.3 is 5.97 Å². The van der Waals surface area contributed by atoms with Gasteiger partial charge in [0, 0.05) is 12.2 Å². The number of carboxylic acid groups (broad SMARTS) is 1. The van der Waals surface area contributed by atoms with Crippen molar-refractivity contribution < 1.29 is 14.7 Å². The zero-order valence-corrected chi connectivity index (χ0v) is 11.4. The Bertz CT molecular complexity index is 674. The third-order valence-electron chi connectivity index (χ3n) is 3.96. The minimum Gasteiger partial charge on any atom is -0.481 e. The summed E-state index contributed by atoms with van der Waals surface area (Å²) < 4.78 is 1.69. The first-order valence-electron chi connectivity index (χ1n) is 6.96. The van der Waals surface area contributed by atoms with Gasteiger partial charge in [-0.15, -0.1) is 10.2 Å². The lowest BCUT2D eigenvalue weighted by Crippen LogP contribution is -2.38. The smallest absolute Gasteiger partial charge is 0.306 e. The molecule has 21 heavy (non-hydrogen) atoms. The maximum absolute atomic E-state index is 12.2. The van der Waals surface area contributed by atoms with E-state index < -0.39 is 5.97 Å². The highest BCUT2D eigenvalue weighted by atomic mass is 16.4. The number of hydrogen-bond donors (Lipinski definition) is 2.